The number of hydrogen-bond donors (Lipinski definition) is 2. The van der Waals surface area contributed by atoms with E-state index in [2.05, 4.69) is 61.3 Å². The molecule has 154 valence electrons. The number of thioether (sulfide) groups is 1. The fourth-order valence-electron chi connectivity index (χ4n) is 2.60. The van der Waals surface area contributed by atoms with Gasteiger partial charge in [0.2, 0.25) is 0 Å². The maximum absolute atomic E-state index is 11.9. The second kappa shape index (κ2) is 8.73. The number of nitrogens with zero attached hydrogens (tertiary/aromatic N) is 1. The van der Waals surface area contributed by atoms with Crippen LogP contribution >= 0.6 is 11.8 Å². The highest BCUT2D eigenvalue weighted by Gasteiger charge is 2.36. The van der Waals surface area contributed by atoms with Crippen molar-refractivity contribution < 1.29 is 4.43 Å². The normalized spacial score (nSPS) is 12.3. The summed E-state index contributed by atoms with van der Waals surface area (Å²) in [6.45, 7) is 12.1. The van der Waals surface area contributed by atoms with Crippen molar-refractivity contribution >= 4 is 42.4 Å². The van der Waals surface area contributed by atoms with E-state index in [1.165, 1.54) is 4.90 Å². The SMILES string of the molecule is CC(C)(C)[Si](C)(C)OCCSc1ccc(Nc2cc3c(=O)[nH]ccc3cn2)cc1. The molecule has 0 aliphatic rings. The van der Waals surface area contributed by atoms with E-state index in [9.17, 15) is 4.79 Å². The van der Waals surface area contributed by atoms with Crippen molar-refractivity contribution in [1.82, 2.24) is 9.97 Å². The monoisotopic (exact) mass is 427 g/mol. The lowest BCUT2D eigenvalue weighted by Gasteiger charge is -2.36. The molecule has 0 spiro atoms. The molecular weight excluding hydrogens is 398 g/mol. The summed E-state index contributed by atoms with van der Waals surface area (Å²) in [5.41, 5.74) is 0.825. The minimum Gasteiger partial charge on any atom is -0.416 e. The third-order valence-corrected chi connectivity index (χ3v) is 10.9. The van der Waals surface area contributed by atoms with Crippen LogP contribution in [-0.2, 0) is 4.43 Å². The number of aromatic amines is 1. The molecule has 3 rings (SSSR count). The van der Waals surface area contributed by atoms with E-state index in [1.54, 1.807) is 30.2 Å². The topological polar surface area (TPSA) is 67.0 Å². The van der Waals surface area contributed by atoms with Gasteiger partial charge in [0.15, 0.2) is 8.32 Å². The fraction of sp³-hybridized carbons (Fsp3) is 0.364. The molecule has 3 aromatic rings. The van der Waals surface area contributed by atoms with Gasteiger partial charge in [0, 0.05) is 40.7 Å². The van der Waals surface area contributed by atoms with Crippen molar-refractivity contribution in [2.24, 2.45) is 0 Å². The van der Waals surface area contributed by atoms with Gasteiger partial charge in [0.1, 0.15) is 5.82 Å². The van der Waals surface area contributed by atoms with Crippen LogP contribution in [0.3, 0.4) is 0 Å². The van der Waals surface area contributed by atoms with Gasteiger partial charge in [-0.2, -0.15) is 0 Å². The van der Waals surface area contributed by atoms with Crippen molar-refractivity contribution in [3.8, 4) is 0 Å². The predicted molar refractivity (Wildman–Crippen MR) is 126 cm³/mol. The fourth-order valence-corrected chi connectivity index (χ4v) is 4.53. The van der Waals surface area contributed by atoms with Gasteiger partial charge in [-0.15, -0.1) is 11.8 Å². The molecular formula is C22H29N3O2SSi. The zero-order valence-electron chi connectivity index (χ0n) is 17.7. The molecule has 0 saturated heterocycles. The van der Waals surface area contributed by atoms with Gasteiger partial charge in [-0.05, 0) is 54.5 Å². The van der Waals surface area contributed by atoms with E-state index in [0.717, 1.165) is 23.4 Å². The largest absolute Gasteiger partial charge is 0.416 e. The number of fused-ring (bicyclic) bond motifs is 1. The molecule has 1 aromatic carbocycles. The summed E-state index contributed by atoms with van der Waals surface area (Å²) < 4.78 is 6.23. The standard InChI is InChI=1S/C22H29N3O2SSi/c1-22(2,3)29(4,5)27-12-13-28-18-8-6-17(7-9-18)25-20-14-19-16(15-24-20)10-11-23-21(19)26/h6-11,14-15H,12-13H2,1-5H3,(H,23,26)(H,24,25). The van der Waals surface area contributed by atoms with Crippen molar-refractivity contribution in [3.05, 3.63) is 59.1 Å². The first-order valence-corrected chi connectivity index (χ1v) is 13.7. The second-order valence-electron chi connectivity index (χ2n) is 8.57. The summed E-state index contributed by atoms with van der Waals surface area (Å²) in [4.78, 5) is 20.2. The Kier molecular flexibility index (Phi) is 6.51. The highest BCUT2D eigenvalue weighted by atomic mass is 32.2. The number of nitrogens with one attached hydrogen (secondary N) is 2. The number of hydrogen-bond acceptors (Lipinski definition) is 5. The van der Waals surface area contributed by atoms with Crippen LogP contribution in [0, 0.1) is 0 Å². The van der Waals surface area contributed by atoms with Gasteiger partial charge in [-0.3, -0.25) is 4.79 Å². The molecule has 7 heteroatoms. The van der Waals surface area contributed by atoms with Crippen LogP contribution in [0.4, 0.5) is 11.5 Å². The Morgan fingerprint density at radius 2 is 1.90 bits per heavy atom. The molecule has 2 aromatic heterocycles. The molecule has 0 amide bonds. The molecule has 0 unspecified atom stereocenters. The molecule has 2 heterocycles. The first-order valence-electron chi connectivity index (χ1n) is 9.77. The third-order valence-electron chi connectivity index (χ3n) is 5.40. The Bertz CT molecular complexity index is 1030. The molecule has 0 aliphatic heterocycles. The molecule has 0 aliphatic carbocycles. The third kappa shape index (κ3) is 5.50. The van der Waals surface area contributed by atoms with Crippen molar-refractivity contribution in [2.75, 3.05) is 17.7 Å². The summed E-state index contributed by atoms with van der Waals surface area (Å²) in [5, 5.41) is 4.95. The van der Waals surface area contributed by atoms with Crippen LogP contribution in [0.1, 0.15) is 20.8 Å². The highest BCUT2D eigenvalue weighted by Crippen LogP contribution is 2.36. The summed E-state index contributed by atoms with van der Waals surface area (Å²) in [6, 6.07) is 11.8. The van der Waals surface area contributed by atoms with Gasteiger partial charge in [0.25, 0.3) is 5.56 Å². The lowest BCUT2D eigenvalue weighted by Crippen LogP contribution is -2.41. The molecule has 0 bridgehead atoms. The zero-order chi connectivity index (χ0) is 21.1. The molecule has 29 heavy (non-hydrogen) atoms. The van der Waals surface area contributed by atoms with E-state index in [-0.39, 0.29) is 10.6 Å². The van der Waals surface area contributed by atoms with Crippen LogP contribution in [0.25, 0.3) is 10.8 Å². The molecule has 5 nitrogen and oxygen atoms in total. The highest BCUT2D eigenvalue weighted by molar-refractivity contribution is 7.99. The number of aromatic nitrogens is 2. The van der Waals surface area contributed by atoms with Crippen LogP contribution in [-0.4, -0.2) is 30.6 Å². The predicted octanol–water partition coefficient (Wildman–Crippen LogP) is 5.78. The first-order chi connectivity index (χ1) is 13.7. The average Bonchev–Trinajstić information content (AvgIpc) is 2.66. The average molecular weight is 428 g/mol. The summed E-state index contributed by atoms with van der Waals surface area (Å²) >= 11 is 1.80. The summed E-state index contributed by atoms with van der Waals surface area (Å²) in [6.07, 6.45) is 3.34. The van der Waals surface area contributed by atoms with Gasteiger partial charge >= 0.3 is 0 Å². The van der Waals surface area contributed by atoms with Crippen LogP contribution in [0.5, 0.6) is 0 Å². The maximum Gasteiger partial charge on any atom is 0.255 e. The lowest BCUT2D eigenvalue weighted by atomic mass is 10.2. The maximum atomic E-state index is 11.9. The van der Waals surface area contributed by atoms with Crippen molar-refractivity contribution in [2.45, 2.75) is 43.8 Å². The minimum atomic E-state index is -1.67. The first kappa shape index (κ1) is 21.6. The van der Waals surface area contributed by atoms with Crippen LogP contribution in [0.15, 0.2) is 58.5 Å². The number of H-pyrrole nitrogens is 1. The summed E-state index contributed by atoms with van der Waals surface area (Å²) in [5.74, 6) is 1.59. The second-order valence-corrected chi connectivity index (χ2v) is 14.5. The van der Waals surface area contributed by atoms with Gasteiger partial charge in [-0.25, -0.2) is 4.98 Å². The Balaban J connectivity index is 1.55. The smallest absolute Gasteiger partial charge is 0.255 e. The van der Waals surface area contributed by atoms with E-state index in [0.29, 0.717) is 11.2 Å². The van der Waals surface area contributed by atoms with Crippen LogP contribution < -0.4 is 10.9 Å². The van der Waals surface area contributed by atoms with E-state index in [1.807, 2.05) is 18.2 Å². The van der Waals surface area contributed by atoms with Gasteiger partial charge in [-0.1, -0.05) is 20.8 Å². The number of pyridine rings is 2. The minimum absolute atomic E-state index is 0.111. The number of rotatable bonds is 7. The van der Waals surface area contributed by atoms with Gasteiger partial charge in [0.05, 0.1) is 5.39 Å². The van der Waals surface area contributed by atoms with E-state index >= 15 is 0 Å². The Hall–Kier alpha value is -2.09. The summed E-state index contributed by atoms with van der Waals surface area (Å²) in [7, 11) is -1.67. The molecule has 0 radical (unpaired) electrons. The van der Waals surface area contributed by atoms with E-state index < -0.39 is 8.32 Å². The lowest BCUT2D eigenvalue weighted by molar-refractivity contribution is 0.311. The quantitative estimate of drug-likeness (QED) is 0.284. The zero-order valence-corrected chi connectivity index (χ0v) is 19.5. The molecule has 0 saturated carbocycles. The number of benzene rings is 1. The van der Waals surface area contributed by atoms with Crippen molar-refractivity contribution in [1.29, 1.82) is 0 Å². The molecule has 0 fully saturated rings. The molecule has 2 N–H and O–H groups in total. The van der Waals surface area contributed by atoms with Gasteiger partial charge < -0.3 is 14.7 Å². The molecule has 0 atom stereocenters. The van der Waals surface area contributed by atoms with Crippen LogP contribution in [0.2, 0.25) is 18.1 Å². The van der Waals surface area contributed by atoms with Crippen molar-refractivity contribution in [3.63, 3.8) is 0 Å². The Labute approximate surface area is 177 Å². The number of anilines is 2. The van der Waals surface area contributed by atoms with E-state index in [4.69, 9.17) is 4.43 Å². The Morgan fingerprint density at radius 3 is 2.59 bits per heavy atom. The Morgan fingerprint density at radius 1 is 1.17 bits per heavy atom.